The molecule has 0 spiro atoms. The van der Waals surface area contributed by atoms with Gasteiger partial charge in [0.15, 0.2) is 17.3 Å². The van der Waals surface area contributed by atoms with Crippen LogP contribution in [-0.2, 0) is 14.2 Å². The summed E-state index contributed by atoms with van der Waals surface area (Å²) in [4.78, 5) is 19.8. The molecule has 0 fully saturated rings. The molecule has 42 heavy (non-hydrogen) atoms. The second kappa shape index (κ2) is 15.9. The summed E-state index contributed by atoms with van der Waals surface area (Å²) < 4.78 is 17.1. The third-order valence-corrected chi connectivity index (χ3v) is 5.68. The van der Waals surface area contributed by atoms with Crippen LogP contribution in [0.25, 0.3) is 5.69 Å². The summed E-state index contributed by atoms with van der Waals surface area (Å²) in [6.07, 6.45) is 2.18. The van der Waals surface area contributed by atoms with E-state index in [4.69, 9.17) is 14.2 Å². The molecule has 0 bridgehead atoms. The fourth-order valence-corrected chi connectivity index (χ4v) is 3.77. The van der Waals surface area contributed by atoms with Gasteiger partial charge < -0.3 is 30.2 Å². The van der Waals surface area contributed by atoms with Crippen LogP contribution in [-0.4, -0.2) is 84.5 Å². The number of hydrogen-bond donors (Lipinski definition) is 3. The van der Waals surface area contributed by atoms with Crippen molar-refractivity contribution in [3.8, 4) is 11.8 Å². The molecule has 3 N–H and O–H groups in total. The molecule has 0 saturated carbocycles. The number of benzene rings is 1. The highest BCUT2D eigenvalue weighted by Crippen LogP contribution is 2.35. The highest BCUT2D eigenvalue weighted by atomic mass is 16.6. The summed E-state index contributed by atoms with van der Waals surface area (Å²) in [6.45, 7) is 5.80. The molecule has 3 rings (SSSR count). The lowest BCUT2D eigenvalue weighted by Gasteiger charge is -2.19. The fraction of sp³-hybridized carbons (Fsp3) is 0.462. The van der Waals surface area contributed by atoms with Crippen LogP contribution in [0.1, 0.15) is 25.8 Å². The number of anilines is 3. The van der Waals surface area contributed by atoms with Crippen LogP contribution in [0, 0.1) is 21.4 Å². The number of nitriles is 1. The Kier molecular flexibility index (Phi) is 12.0. The zero-order valence-electron chi connectivity index (χ0n) is 24.2. The van der Waals surface area contributed by atoms with E-state index in [1.165, 1.54) is 35.1 Å². The Morgan fingerprint density at radius 2 is 1.69 bits per heavy atom. The van der Waals surface area contributed by atoms with Crippen molar-refractivity contribution in [3.05, 3.63) is 46.1 Å². The highest BCUT2D eigenvalue weighted by molar-refractivity contribution is 5.75. The van der Waals surface area contributed by atoms with Gasteiger partial charge in [0.05, 0.1) is 30.0 Å². The van der Waals surface area contributed by atoms with Crippen molar-refractivity contribution in [2.45, 2.75) is 32.4 Å². The van der Waals surface area contributed by atoms with E-state index in [1.54, 1.807) is 21.3 Å². The average molecular weight is 582 g/mol. The Labute approximate surface area is 243 Å². The van der Waals surface area contributed by atoms with Gasteiger partial charge >= 0.3 is 0 Å². The minimum atomic E-state index is -0.492. The zero-order chi connectivity index (χ0) is 30.5. The molecule has 2 atom stereocenters. The SMILES string of the molecule is COCCCNc1nc(N[C@@H](C)COC)nc(NC(C)COC)c1N=Nc1nn(-c2ccc([N+](=O)[O-])cc2)cc1C#N. The summed E-state index contributed by atoms with van der Waals surface area (Å²) in [5, 5.41) is 43.6. The molecule has 1 unspecified atom stereocenters. The van der Waals surface area contributed by atoms with Crippen molar-refractivity contribution in [2.24, 2.45) is 10.2 Å². The molecule has 0 aliphatic rings. The zero-order valence-corrected chi connectivity index (χ0v) is 24.2. The third kappa shape index (κ3) is 8.89. The molecule has 224 valence electrons. The molecule has 2 heterocycles. The number of ether oxygens (including phenoxy) is 3. The van der Waals surface area contributed by atoms with E-state index in [0.717, 1.165) is 0 Å². The van der Waals surface area contributed by atoms with Crippen LogP contribution in [0.2, 0.25) is 0 Å². The van der Waals surface area contributed by atoms with Crippen molar-refractivity contribution in [1.29, 1.82) is 5.26 Å². The predicted octanol–water partition coefficient (Wildman–Crippen LogP) is 4.20. The van der Waals surface area contributed by atoms with Gasteiger partial charge in [-0.15, -0.1) is 15.3 Å². The van der Waals surface area contributed by atoms with E-state index in [9.17, 15) is 15.4 Å². The Bertz CT molecular complexity index is 1390. The Hall–Kier alpha value is -4.72. The Morgan fingerprint density at radius 1 is 1.02 bits per heavy atom. The largest absolute Gasteiger partial charge is 0.385 e. The van der Waals surface area contributed by atoms with Crippen molar-refractivity contribution >= 4 is 34.8 Å². The molecule has 0 aliphatic carbocycles. The molecule has 0 aliphatic heterocycles. The number of nitro benzene ring substituents is 1. The first-order valence-corrected chi connectivity index (χ1v) is 13.1. The maximum Gasteiger partial charge on any atom is 0.269 e. The summed E-state index contributed by atoms with van der Waals surface area (Å²) in [5.74, 6) is 1.18. The van der Waals surface area contributed by atoms with Crippen LogP contribution in [0.15, 0.2) is 40.7 Å². The lowest BCUT2D eigenvalue weighted by atomic mass is 10.3. The molecule has 0 saturated heterocycles. The van der Waals surface area contributed by atoms with E-state index in [0.29, 0.717) is 61.7 Å². The van der Waals surface area contributed by atoms with Crippen molar-refractivity contribution < 1.29 is 19.1 Å². The molecular weight excluding hydrogens is 546 g/mol. The predicted molar refractivity (Wildman–Crippen MR) is 156 cm³/mol. The molecule has 2 aromatic heterocycles. The van der Waals surface area contributed by atoms with Gasteiger partial charge in [-0.25, -0.2) is 4.68 Å². The van der Waals surface area contributed by atoms with Crippen LogP contribution in [0.3, 0.4) is 0 Å². The van der Waals surface area contributed by atoms with Crippen molar-refractivity contribution in [1.82, 2.24) is 19.7 Å². The molecule has 16 heteroatoms. The number of non-ortho nitro benzene ring substituents is 1. The molecule has 1 aromatic carbocycles. The van der Waals surface area contributed by atoms with E-state index in [1.807, 2.05) is 13.8 Å². The number of nitrogens with one attached hydrogen (secondary N) is 3. The van der Waals surface area contributed by atoms with Gasteiger partial charge in [-0.05, 0) is 32.4 Å². The summed E-state index contributed by atoms with van der Waals surface area (Å²) in [5.41, 5.74) is 0.906. The van der Waals surface area contributed by atoms with E-state index in [-0.39, 0.29) is 29.2 Å². The summed E-state index contributed by atoms with van der Waals surface area (Å²) in [7, 11) is 4.85. The lowest BCUT2D eigenvalue weighted by Crippen LogP contribution is -2.25. The van der Waals surface area contributed by atoms with Crippen molar-refractivity contribution in [2.75, 3.05) is 63.6 Å². The van der Waals surface area contributed by atoms with E-state index >= 15 is 0 Å². The fourth-order valence-electron chi connectivity index (χ4n) is 3.77. The number of nitrogens with zero attached hydrogens (tertiary/aromatic N) is 8. The van der Waals surface area contributed by atoms with E-state index in [2.05, 4.69) is 47.3 Å². The molecule has 3 aromatic rings. The molecule has 16 nitrogen and oxygen atoms in total. The molecular formula is C26H35N11O5. The number of aromatic nitrogens is 4. The van der Waals surface area contributed by atoms with Crippen LogP contribution in [0.4, 0.5) is 34.8 Å². The minimum absolute atomic E-state index is 0.0491. The van der Waals surface area contributed by atoms with Gasteiger partial charge in [0.25, 0.3) is 5.69 Å². The first kappa shape index (κ1) is 31.8. The number of hydrogen-bond acceptors (Lipinski definition) is 14. The van der Waals surface area contributed by atoms with Crippen molar-refractivity contribution in [3.63, 3.8) is 0 Å². The highest BCUT2D eigenvalue weighted by Gasteiger charge is 2.19. The first-order valence-electron chi connectivity index (χ1n) is 13.1. The number of methoxy groups -OCH3 is 3. The van der Waals surface area contributed by atoms with Crippen LogP contribution in [0.5, 0.6) is 0 Å². The van der Waals surface area contributed by atoms with Crippen LogP contribution >= 0.6 is 0 Å². The topological polar surface area (TPSA) is 199 Å². The van der Waals surface area contributed by atoms with E-state index < -0.39 is 4.92 Å². The lowest BCUT2D eigenvalue weighted by molar-refractivity contribution is -0.384. The summed E-state index contributed by atoms with van der Waals surface area (Å²) in [6, 6.07) is 7.61. The number of rotatable bonds is 17. The van der Waals surface area contributed by atoms with Crippen LogP contribution < -0.4 is 16.0 Å². The molecule has 0 amide bonds. The Balaban J connectivity index is 2.04. The second-order valence-electron chi connectivity index (χ2n) is 9.26. The smallest absolute Gasteiger partial charge is 0.269 e. The quantitative estimate of drug-likeness (QED) is 0.0889. The normalized spacial score (nSPS) is 12.6. The number of azo groups is 1. The number of nitro groups is 1. The van der Waals surface area contributed by atoms with Gasteiger partial charge in [-0.1, -0.05) is 0 Å². The van der Waals surface area contributed by atoms with Gasteiger partial charge in [-0.2, -0.15) is 15.2 Å². The van der Waals surface area contributed by atoms with Gasteiger partial charge in [0.1, 0.15) is 11.6 Å². The summed E-state index contributed by atoms with van der Waals surface area (Å²) >= 11 is 0. The average Bonchev–Trinajstić information content (AvgIpc) is 3.38. The van der Waals surface area contributed by atoms with Gasteiger partial charge in [0.2, 0.25) is 11.8 Å². The monoisotopic (exact) mass is 581 g/mol. The second-order valence-corrected chi connectivity index (χ2v) is 9.26. The maximum atomic E-state index is 11.0. The standard InChI is InChI=1S/C26H35N11O5/c1-17(15-41-4)29-25-22(24(28-11-6-12-40-3)31-26(32-25)30-18(2)16-42-5)33-34-23-19(13-27)14-36(35-23)20-7-9-21(10-8-20)37(38)39/h7-10,14,17-18H,6,11-12,15-16H2,1-5H3,(H3,28,29,30,31,32)/t17?,18-/m0/s1. The minimum Gasteiger partial charge on any atom is -0.385 e. The third-order valence-electron chi connectivity index (χ3n) is 5.68. The first-order chi connectivity index (χ1) is 20.3. The maximum absolute atomic E-state index is 11.0. The molecule has 0 radical (unpaired) electrons. The van der Waals surface area contributed by atoms with Gasteiger partial charge in [0, 0.05) is 58.7 Å². The Morgan fingerprint density at radius 3 is 2.31 bits per heavy atom. The van der Waals surface area contributed by atoms with Gasteiger partial charge in [-0.3, -0.25) is 10.1 Å².